The Morgan fingerprint density at radius 3 is 2.26 bits per heavy atom. The number of aromatic hydroxyl groups is 1. The first-order valence-corrected chi connectivity index (χ1v) is 12.8. The summed E-state index contributed by atoms with van der Waals surface area (Å²) in [6.45, 7) is 4.44. The second-order valence-electron chi connectivity index (χ2n) is 10.4. The van der Waals surface area contributed by atoms with Gasteiger partial charge in [0.05, 0.1) is 0 Å². The van der Waals surface area contributed by atoms with Crippen LogP contribution < -0.4 is 4.90 Å². The van der Waals surface area contributed by atoms with E-state index in [-0.39, 0.29) is 17.6 Å². The third-order valence-electron chi connectivity index (χ3n) is 8.40. The van der Waals surface area contributed by atoms with Crippen LogP contribution in [0.15, 0.2) is 72.8 Å². The van der Waals surface area contributed by atoms with E-state index in [1.54, 1.807) is 14.2 Å². The first-order valence-electron chi connectivity index (χ1n) is 12.8. The zero-order valence-electron chi connectivity index (χ0n) is 21.1. The van der Waals surface area contributed by atoms with Gasteiger partial charge in [-0.05, 0) is 72.2 Å². The molecule has 184 valence electrons. The van der Waals surface area contributed by atoms with Crippen LogP contribution in [0.1, 0.15) is 54.4 Å². The number of rotatable bonds is 6. The van der Waals surface area contributed by atoms with E-state index in [0.29, 0.717) is 11.7 Å². The molecule has 1 aliphatic carbocycles. The van der Waals surface area contributed by atoms with Crippen LogP contribution in [0, 0.1) is 5.92 Å². The molecule has 0 spiro atoms. The van der Waals surface area contributed by atoms with Gasteiger partial charge in [-0.25, -0.2) is 0 Å². The predicted octanol–water partition coefficient (Wildman–Crippen LogP) is 6.26. The van der Waals surface area contributed by atoms with E-state index in [4.69, 9.17) is 9.47 Å². The second kappa shape index (κ2) is 10.0. The monoisotopic (exact) mass is 471 g/mol. The number of phenols is 1. The molecule has 4 heteroatoms. The van der Waals surface area contributed by atoms with Crippen LogP contribution >= 0.6 is 0 Å². The molecule has 1 heterocycles. The number of benzene rings is 3. The lowest BCUT2D eigenvalue weighted by atomic mass is 9.59. The molecule has 1 fully saturated rings. The van der Waals surface area contributed by atoms with Crippen LogP contribution in [0.5, 0.6) is 5.75 Å². The summed E-state index contributed by atoms with van der Waals surface area (Å²) in [5.74, 6) is 1.04. The molecule has 1 N–H and O–H groups in total. The predicted molar refractivity (Wildman–Crippen MR) is 141 cm³/mol. The molecule has 35 heavy (non-hydrogen) atoms. The number of aryl methyl sites for hydroxylation is 1. The lowest BCUT2D eigenvalue weighted by molar-refractivity contribution is -0.141. The Bertz CT molecular complexity index is 1120. The molecule has 1 saturated heterocycles. The van der Waals surface area contributed by atoms with E-state index in [1.807, 2.05) is 12.1 Å². The highest BCUT2D eigenvalue weighted by molar-refractivity contribution is 5.54. The third-order valence-corrected chi connectivity index (χ3v) is 8.40. The topological polar surface area (TPSA) is 41.9 Å². The van der Waals surface area contributed by atoms with Gasteiger partial charge in [-0.15, -0.1) is 0 Å². The fraction of sp³-hybridized carbons (Fsp3) is 0.419. The van der Waals surface area contributed by atoms with Gasteiger partial charge in [0.2, 0.25) is 0 Å². The zero-order valence-corrected chi connectivity index (χ0v) is 21.1. The van der Waals surface area contributed by atoms with Crippen molar-refractivity contribution in [3.63, 3.8) is 0 Å². The fourth-order valence-corrected chi connectivity index (χ4v) is 6.44. The molecular formula is C31H37NO3. The minimum Gasteiger partial charge on any atom is -0.508 e. The van der Waals surface area contributed by atoms with Crippen LogP contribution in [0.3, 0.4) is 0 Å². The van der Waals surface area contributed by atoms with Gasteiger partial charge < -0.3 is 19.5 Å². The molecule has 0 bridgehead atoms. The lowest BCUT2D eigenvalue weighted by Crippen LogP contribution is -2.39. The molecule has 0 saturated carbocycles. The number of fused-ring (bicyclic) bond motifs is 1. The van der Waals surface area contributed by atoms with E-state index < -0.39 is 0 Å². The second-order valence-corrected chi connectivity index (χ2v) is 10.4. The number of anilines is 1. The first-order chi connectivity index (χ1) is 17.0. The van der Waals surface area contributed by atoms with Gasteiger partial charge in [-0.3, -0.25) is 0 Å². The smallest absolute Gasteiger partial charge is 0.159 e. The number of hydrogen-bond donors (Lipinski definition) is 1. The molecule has 1 aliphatic heterocycles. The highest BCUT2D eigenvalue weighted by Crippen LogP contribution is 2.51. The summed E-state index contributed by atoms with van der Waals surface area (Å²) in [5.41, 5.74) is 6.57. The van der Waals surface area contributed by atoms with Gasteiger partial charge in [-0.1, -0.05) is 55.5 Å². The molecule has 2 atom stereocenters. The van der Waals surface area contributed by atoms with E-state index in [0.717, 1.165) is 38.8 Å². The van der Waals surface area contributed by atoms with Gasteiger partial charge in [0.25, 0.3) is 0 Å². The Hall–Kier alpha value is -2.82. The van der Waals surface area contributed by atoms with Gasteiger partial charge in [0.15, 0.2) is 6.29 Å². The highest BCUT2D eigenvalue weighted by atomic mass is 16.7. The van der Waals surface area contributed by atoms with E-state index in [2.05, 4.69) is 72.5 Å². The molecule has 5 rings (SSSR count). The maximum absolute atomic E-state index is 10.1. The Balaban J connectivity index is 1.44. The molecule has 2 aliphatic rings. The molecule has 0 amide bonds. The summed E-state index contributed by atoms with van der Waals surface area (Å²) < 4.78 is 11.0. The molecule has 0 unspecified atom stereocenters. The van der Waals surface area contributed by atoms with Crippen molar-refractivity contribution in [3.05, 3.63) is 95.1 Å². The van der Waals surface area contributed by atoms with Gasteiger partial charge in [0, 0.05) is 50.2 Å². The number of piperidine rings is 1. The van der Waals surface area contributed by atoms with Crippen molar-refractivity contribution in [2.75, 3.05) is 32.2 Å². The third kappa shape index (κ3) is 4.57. The number of hydrogen-bond acceptors (Lipinski definition) is 4. The lowest BCUT2D eigenvalue weighted by Gasteiger charge is -2.44. The Kier molecular flexibility index (Phi) is 6.86. The minimum atomic E-state index is -0.110. The van der Waals surface area contributed by atoms with Crippen LogP contribution in [-0.4, -0.2) is 38.7 Å². The summed E-state index contributed by atoms with van der Waals surface area (Å²) in [7, 11) is 3.46. The van der Waals surface area contributed by atoms with Gasteiger partial charge in [0.1, 0.15) is 5.75 Å². The average molecular weight is 472 g/mol. The van der Waals surface area contributed by atoms with Crippen LogP contribution in [0.25, 0.3) is 0 Å². The summed E-state index contributed by atoms with van der Waals surface area (Å²) in [5, 5.41) is 10.1. The fourth-order valence-electron chi connectivity index (χ4n) is 6.44. The quantitative estimate of drug-likeness (QED) is 0.431. The zero-order chi connectivity index (χ0) is 24.4. The summed E-state index contributed by atoms with van der Waals surface area (Å²) in [6.07, 6.45) is 4.05. The Morgan fingerprint density at radius 1 is 0.914 bits per heavy atom. The molecule has 3 aromatic rings. The van der Waals surface area contributed by atoms with E-state index in [9.17, 15) is 5.11 Å². The number of methoxy groups -OCH3 is 2. The first kappa shape index (κ1) is 23.9. The number of phenolic OH excluding ortho intramolecular Hbond substituents is 1. The maximum Gasteiger partial charge on any atom is 0.159 e. The van der Waals surface area contributed by atoms with Crippen molar-refractivity contribution >= 4 is 5.69 Å². The van der Waals surface area contributed by atoms with Crippen LogP contribution in [0.2, 0.25) is 0 Å². The molecule has 0 radical (unpaired) electrons. The van der Waals surface area contributed by atoms with Crippen LogP contribution in [-0.2, 0) is 21.3 Å². The Labute approximate surface area is 209 Å². The SMILES string of the molecule is COC(OC)C1CCN(c2ccc([C@H]3c4ccc(O)cc4CC[C@]3(C)c3ccccc3)cc2)CC1. The van der Waals surface area contributed by atoms with Gasteiger partial charge >= 0.3 is 0 Å². The van der Waals surface area contributed by atoms with Crippen molar-refractivity contribution in [2.24, 2.45) is 5.92 Å². The molecule has 3 aromatic carbocycles. The summed E-state index contributed by atoms with van der Waals surface area (Å²) in [6, 6.07) is 26.1. The maximum atomic E-state index is 10.1. The van der Waals surface area contributed by atoms with Crippen molar-refractivity contribution in [3.8, 4) is 5.75 Å². The molecule has 0 aromatic heterocycles. The van der Waals surface area contributed by atoms with Crippen LogP contribution in [0.4, 0.5) is 5.69 Å². The minimum absolute atomic E-state index is 0.0135. The van der Waals surface area contributed by atoms with Crippen molar-refractivity contribution in [1.82, 2.24) is 0 Å². The van der Waals surface area contributed by atoms with Crippen molar-refractivity contribution < 1.29 is 14.6 Å². The number of nitrogens with zero attached hydrogens (tertiary/aromatic N) is 1. The van der Waals surface area contributed by atoms with E-state index >= 15 is 0 Å². The van der Waals surface area contributed by atoms with Crippen molar-refractivity contribution in [2.45, 2.75) is 50.2 Å². The highest BCUT2D eigenvalue weighted by Gasteiger charge is 2.41. The number of ether oxygens (including phenoxy) is 2. The standard InChI is InChI=1S/C31H37NO3/c1-31(25-7-5-4-6-8-25)18-15-24-21-27(33)13-14-28(24)29(31)22-9-11-26(12-10-22)32-19-16-23(17-20-32)30(34-2)35-3/h4-14,21,23,29-30,33H,15-20H2,1-3H3/t29-,31+/m0/s1. The summed E-state index contributed by atoms with van der Waals surface area (Å²) >= 11 is 0. The largest absolute Gasteiger partial charge is 0.508 e. The van der Waals surface area contributed by atoms with Gasteiger partial charge in [-0.2, -0.15) is 0 Å². The summed E-state index contributed by atoms with van der Waals surface area (Å²) in [4.78, 5) is 2.48. The van der Waals surface area contributed by atoms with Crippen molar-refractivity contribution in [1.29, 1.82) is 0 Å². The molecular weight excluding hydrogens is 434 g/mol. The average Bonchev–Trinajstić information content (AvgIpc) is 2.91. The Morgan fingerprint density at radius 2 is 1.60 bits per heavy atom. The van der Waals surface area contributed by atoms with E-state index in [1.165, 1.54) is 27.9 Å². The normalized spacial score (nSPS) is 22.9. The molecule has 4 nitrogen and oxygen atoms in total.